The summed E-state index contributed by atoms with van der Waals surface area (Å²) in [6, 6.07) is 11.1. The summed E-state index contributed by atoms with van der Waals surface area (Å²) in [5.41, 5.74) is 0.956. The zero-order valence-corrected chi connectivity index (χ0v) is 10.9. The maximum atomic E-state index is 11.9. The number of methoxy groups -OCH3 is 1. The number of ether oxygens (including phenoxy) is 1. The minimum Gasteiger partial charge on any atom is -0.507 e. The van der Waals surface area contributed by atoms with E-state index in [9.17, 15) is 15.0 Å². The van der Waals surface area contributed by atoms with Gasteiger partial charge in [0.2, 0.25) is 0 Å². The first-order valence-electron chi connectivity index (χ1n) is 5.99. The highest BCUT2D eigenvalue weighted by atomic mass is 16.5. The number of hydrogen-bond donors (Lipinski definition) is 2. The van der Waals surface area contributed by atoms with Crippen LogP contribution in [0.4, 0.5) is 0 Å². The van der Waals surface area contributed by atoms with Crippen LogP contribution < -0.4 is 4.74 Å². The number of allylic oxidation sites excluding steroid dienone is 1. The van der Waals surface area contributed by atoms with E-state index in [2.05, 4.69) is 0 Å². The molecular formula is C16H14O4. The van der Waals surface area contributed by atoms with Crippen molar-refractivity contribution in [2.45, 2.75) is 0 Å². The molecule has 0 radical (unpaired) electrons. The Labute approximate surface area is 116 Å². The van der Waals surface area contributed by atoms with Crippen LogP contribution in [0.25, 0.3) is 6.08 Å². The lowest BCUT2D eigenvalue weighted by molar-refractivity contribution is 0.104. The van der Waals surface area contributed by atoms with Crippen molar-refractivity contribution in [1.29, 1.82) is 0 Å². The van der Waals surface area contributed by atoms with Gasteiger partial charge >= 0.3 is 0 Å². The van der Waals surface area contributed by atoms with Gasteiger partial charge in [-0.15, -0.1) is 0 Å². The van der Waals surface area contributed by atoms with E-state index in [1.807, 2.05) is 0 Å². The van der Waals surface area contributed by atoms with Crippen LogP contribution in [0.15, 0.2) is 48.5 Å². The van der Waals surface area contributed by atoms with Crippen LogP contribution in [-0.2, 0) is 0 Å². The Bertz CT molecular complexity index is 659. The predicted octanol–water partition coefficient (Wildman–Crippen LogP) is 3.00. The summed E-state index contributed by atoms with van der Waals surface area (Å²) in [4.78, 5) is 11.9. The van der Waals surface area contributed by atoms with E-state index in [-0.39, 0.29) is 22.8 Å². The fraction of sp³-hybridized carbons (Fsp3) is 0.0625. The Balaban J connectivity index is 2.21. The minimum atomic E-state index is -0.296. The Hall–Kier alpha value is -2.75. The van der Waals surface area contributed by atoms with Crippen molar-refractivity contribution in [3.05, 3.63) is 59.7 Å². The van der Waals surface area contributed by atoms with Gasteiger partial charge in [-0.05, 0) is 35.9 Å². The average Bonchev–Trinajstić information content (AvgIpc) is 2.46. The maximum absolute atomic E-state index is 11.9. The second-order valence-electron chi connectivity index (χ2n) is 4.15. The largest absolute Gasteiger partial charge is 0.507 e. The lowest BCUT2D eigenvalue weighted by Crippen LogP contribution is -1.94. The average molecular weight is 270 g/mol. The van der Waals surface area contributed by atoms with Gasteiger partial charge in [0, 0.05) is 0 Å². The number of carbonyl (C=O) groups excluding carboxylic acids is 1. The number of phenols is 2. The fourth-order valence-corrected chi connectivity index (χ4v) is 1.74. The summed E-state index contributed by atoms with van der Waals surface area (Å²) >= 11 is 0. The third-order valence-corrected chi connectivity index (χ3v) is 2.80. The molecule has 0 aliphatic rings. The summed E-state index contributed by atoms with van der Waals surface area (Å²) in [6.07, 6.45) is 2.96. The zero-order valence-electron chi connectivity index (χ0n) is 10.9. The molecule has 2 aromatic rings. The van der Waals surface area contributed by atoms with Crippen molar-refractivity contribution in [2.24, 2.45) is 0 Å². The minimum absolute atomic E-state index is 0.0386. The van der Waals surface area contributed by atoms with Crippen molar-refractivity contribution in [3.8, 4) is 17.2 Å². The SMILES string of the molecule is COc1cc(C=CC(=O)c2ccccc2O)ccc1O. The zero-order chi connectivity index (χ0) is 14.5. The second-order valence-corrected chi connectivity index (χ2v) is 4.15. The smallest absolute Gasteiger partial charge is 0.189 e. The molecule has 0 aliphatic heterocycles. The monoisotopic (exact) mass is 270 g/mol. The van der Waals surface area contributed by atoms with Crippen LogP contribution in [-0.4, -0.2) is 23.1 Å². The highest BCUT2D eigenvalue weighted by molar-refractivity contribution is 6.08. The third kappa shape index (κ3) is 2.98. The van der Waals surface area contributed by atoms with Crippen LogP contribution in [0.2, 0.25) is 0 Å². The quantitative estimate of drug-likeness (QED) is 0.662. The molecule has 0 amide bonds. The highest BCUT2D eigenvalue weighted by Crippen LogP contribution is 2.27. The highest BCUT2D eigenvalue weighted by Gasteiger charge is 2.07. The molecule has 4 nitrogen and oxygen atoms in total. The number of para-hydroxylation sites is 1. The predicted molar refractivity (Wildman–Crippen MR) is 76.1 cm³/mol. The fourth-order valence-electron chi connectivity index (χ4n) is 1.74. The van der Waals surface area contributed by atoms with Crippen molar-refractivity contribution in [3.63, 3.8) is 0 Å². The molecule has 2 rings (SSSR count). The number of carbonyl (C=O) groups is 1. The number of benzene rings is 2. The first-order chi connectivity index (χ1) is 9.61. The van der Waals surface area contributed by atoms with Gasteiger partial charge in [0.25, 0.3) is 0 Å². The molecule has 0 unspecified atom stereocenters. The molecule has 0 aliphatic carbocycles. The van der Waals surface area contributed by atoms with E-state index in [1.54, 1.807) is 36.4 Å². The molecule has 0 spiro atoms. The lowest BCUT2D eigenvalue weighted by Gasteiger charge is -2.03. The van der Waals surface area contributed by atoms with Crippen molar-refractivity contribution < 1.29 is 19.7 Å². The molecule has 0 fully saturated rings. The molecule has 0 heterocycles. The second kappa shape index (κ2) is 5.93. The van der Waals surface area contributed by atoms with Gasteiger partial charge in [-0.3, -0.25) is 4.79 Å². The molecule has 0 atom stereocenters. The Kier molecular flexibility index (Phi) is 4.05. The van der Waals surface area contributed by atoms with E-state index in [4.69, 9.17) is 4.74 Å². The summed E-state index contributed by atoms with van der Waals surface area (Å²) in [5, 5.41) is 19.1. The molecular weight excluding hydrogens is 256 g/mol. The van der Waals surface area contributed by atoms with E-state index >= 15 is 0 Å². The van der Waals surface area contributed by atoms with Gasteiger partial charge in [0.05, 0.1) is 12.7 Å². The number of ketones is 1. The Morgan fingerprint density at radius 3 is 2.55 bits per heavy atom. The van der Waals surface area contributed by atoms with Gasteiger partial charge in [-0.25, -0.2) is 0 Å². The molecule has 0 aromatic heterocycles. The first kappa shape index (κ1) is 13.7. The van der Waals surface area contributed by atoms with Crippen LogP contribution in [0.1, 0.15) is 15.9 Å². The van der Waals surface area contributed by atoms with Gasteiger partial charge in [0.15, 0.2) is 17.3 Å². The Morgan fingerprint density at radius 1 is 1.10 bits per heavy atom. The number of aromatic hydroxyl groups is 2. The molecule has 2 aromatic carbocycles. The van der Waals surface area contributed by atoms with Crippen LogP contribution in [0.5, 0.6) is 17.2 Å². The van der Waals surface area contributed by atoms with Crippen molar-refractivity contribution >= 4 is 11.9 Å². The van der Waals surface area contributed by atoms with Crippen molar-refractivity contribution in [2.75, 3.05) is 7.11 Å². The third-order valence-electron chi connectivity index (χ3n) is 2.80. The molecule has 2 N–H and O–H groups in total. The summed E-state index contributed by atoms with van der Waals surface area (Å²) < 4.78 is 4.99. The molecule has 0 bridgehead atoms. The molecule has 4 heteroatoms. The molecule has 20 heavy (non-hydrogen) atoms. The van der Waals surface area contributed by atoms with E-state index in [1.165, 1.54) is 25.3 Å². The normalized spacial score (nSPS) is 10.7. The first-order valence-corrected chi connectivity index (χ1v) is 5.99. The van der Waals surface area contributed by atoms with Crippen LogP contribution >= 0.6 is 0 Å². The number of hydrogen-bond acceptors (Lipinski definition) is 4. The summed E-state index contributed by atoms with van der Waals surface area (Å²) in [5.74, 6) is 0.0272. The number of phenolic OH excluding ortho intramolecular Hbond substituents is 2. The van der Waals surface area contributed by atoms with Crippen LogP contribution in [0, 0.1) is 0 Å². The van der Waals surface area contributed by atoms with Gasteiger partial charge in [-0.2, -0.15) is 0 Å². The standard InChI is InChI=1S/C16H14O4/c1-20-16-10-11(7-9-15(16)19)6-8-14(18)12-4-2-3-5-13(12)17/h2-10,17,19H,1H3. The summed E-state index contributed by atoms with van der Waals surface area (Å²) in [7, 11) is 1.45. The lowest BCUT2D eigenvalue weighted by atomic mass is 10.1. The number of rotatable bonds is 4. The van der Waals surface area contributed by atoms with E-state index in [0.717, 1.165) is 0 Å². The molecule has 0 saturated heterocycles. The van der Waals surface area contributed by atoms with Gasteiger partial charge in [-0.1, -0.05) is 24.3 Å². The van der Waals surface area contributed by atoms with Gasteiger partial charge in [0.1, 0.15) is 5.75 Å². The van der Waals surface area contributed by atoms with Gasteiger partial charge < -0.3 is 14.9 Å². The molecule has 0 saturated carbocycles. The van der Waals surface area contributed by atoms with E-state index < -0.39 is 0 Å². The topological polar surface area (TPSA) is 66.8 Å². The Morgan fingerprint density at radius 2 is 1.85 bits per heavy atom. The maximum Gasteiger partial charge on any atom is 0.189 e. The van der Waals surface area contributed by atoms with Crippen LogP contribution in [0.3, 0.4) is 0 Å². The summed E-state index contributed by atoms with van der Waals surface area (Å²) in [6.45, 7) is 0. The molecule has 102 valence electrons. The van der Waals surface area contributed by atoms with E-state index in [0.29, 0.717) is 11.3 Å². The van der Waals surface area contributed by atoms with Crippen molar-refractivity contribution in [1.82, 2.24) is 0 Å².